The molecule has 0 unspecified atom stereocenters. The van der Waals surface area contributed by atoms with Crippen LogP contribution in [0.15, 0.2) is 36.5 Å². The van der Waals surface area contributed by atoms with E-state index in [0.717, 1.165) is 23.7 Å². The summed E-state index contributed by atoms with van der Waals surface area (Å²) in [5.74, 6) is 0.818. The van der Waals surface area contributed by atoms with Crippen LogP contribution in [0.5, 0.6) is 5.75 Å². The van der Waals surface area contributed by atoms with Gasteiger partial charge in [-0.2, -0.15) is 5.10 Å². The van der Waals surface area contributed by atoms with Crippen LogP contribution in [0.2, 0.25) is 0 Å². The quantitative estimate of drug-likeness (QED) is 0.797. The van der Waals surface area contributed by atoms with E-state index in [9.17, 15) is 0 Å². The molecular formula is C12H15N3O. The summed E-state index contributed by atoms with van der Waals surface area (Å²) in [6, 6.07) is 9.34. The molecule has 0 atom stereocenters. The van der Waals surface area contributed by atoms with Gasteiger partial charge in [0.15, 0.2) is 0 Å². The van der Waals surface area contributed by atoms with Crippen molar-refractivity contribution in [2.75, 3.05) is 5.73 Å². The SMILES string of the molecule is CCn1nccc1COc1ccc(N)cc1. The van der Waals surface area contributed by atoms with Gasteiger partial charge in [0.1, 0.15) is 12.4 Å². The number of hydrogen-bond acceptors (Lipinski definition) is 3. The van der Waals surface area contributed by atoms with E-state index in [1.807, 2.05) is 35.0 Å². The zero-order chi connectivity index (χ0) is 11.4. The summed E-state index contributed by atoms with van der Waals surface area (Å²) >= 11 is 0. The molecule has 0 spiro atoms. The van der Waals surface area contributed by atoms with Crippen LogP contribution in [0.1, 0.15) is 12.6 Å². The Bertz CT molecular complexity index is 448. The molecular weight excluding hydrogens is 202 g/mol. The maximum absolute atomic E-state index is 5.63. The Hall–Kier alpha value is -1.97. The van der Waals surface area contributed by atoms with Crippen LogP contribution in [0, 0.1) is 0 Å². The number of hydrogen-bond donors (Lipinski definition) is 1. The number of aromatic nitrogens is 2. The molecule has 1 aromatic carbocycles. The maximum Gasteiger partial charge on any atom is 0.130 e. The molecule has 0 saturated heterocycles. The molecule has 0 radical (unpaired) electrons. The molecule has 0 aliphatic rings. The monoisotopic (exact) mass is 217 g/mol. The van der Waals surface area contributed by atoms with E-state index in [0.29, 0.717) is 6.61 Å². The molecule has 0 fully saturated rings. The number of anilines is 1. The highest BCUT2D eigenvalue weighted by molar-refractivity contribution is 5.41. The molecule has 0 bridgehead atoms. The van der Waals surface area contributed by atoms with Gasteiger partial charge in [-0.1, -0.05) is 0 Å². The van der Waals surface area contributed by atoms with Crippen molar-refractivity contribution in [3.05, 3.63) is 42.2 Å². The van der Waals surface area contributed by atoms with E-state index >= 15 is 0 Å². The third-order valence-electron chi connectivity index (χ3n) is 2.37. The van der Waals surface area contributed by atoms with Crippen LogP contribution >= 0.6 is 0 Å². The lowest BCUT2D eigenvalue weighted by Crippen LogP contribution is -2.05. The van der Waals surface area contributed by atoms with Gasteiger partial charge in [-0.25, -0.2) is 0 Å². The van der Waals surface area contributed by atoms with Crippen LogP contribution in [-0.2, 0) is 13.2 Å². The Kier molecular flexibility index (Phi) is 3.10. The minimum absolute atomic E-state index is 0.526. The predicted molar refractivity (Wildman–Crippen MR) is 63.1 cm³/mol. The Balaban J connectivity index is 1.99. The topological polar surface area (TPSA) is 53.1 Å². The summed E-state index contributed by atoms with van der Waals surface area (Å²) in [7, 11) is 0. The van der Waals surface area contributed by atoms with E-state index in [4.69, 9.17) is 10.5 Å². The van der Waals surface area contributed by atoms with E-state index in [1.54, 1.807) is 6.20 Å². The largest absolute Gasteiger partial charge is 0.487 e. The smallest absolute Gasteiger partial charge is 0.130 e. The molecule has 2 aromatic rings. The van der Waals surface area contributed by atoms with Gasteiger partial charge in [0.05, 0.1) is 5.69 Å². The number of nitrogens with two attached hydrogens (primary N) is 1. The lowest BCUT2D eigenvalue weighted by atomic mass is 10.3. The summed E-state index contributed by atoms with van der Waals surface area (Å²) in [5.41, 5.74) is 7.40. The molecule has 16 heavy (non-hydrogen) atoms. The zero-order valence-corrected chi connectivity index (χ0v) is 9.26. The Morgan fingerprint density at radius 2 is 2.00 bits per heavy atom. The second kappa shape index (κ2) is 4.70. The number of nitrogens with zero attached hydrogens (tertiary/aromatic N) is 2. The van der Waals surface area contributed by atoms with Crippen molar-refractivity contribution in [1.29, 1.82) is 0 Å². The van der Waals surface area contributed by atoms with Crippen LogP contribution in [-0.4, -0.2) is 9.78 Å². The van der Waals surface area contributed by atoms with Crippen molar-refractivity contribution in [2.24, 2.45) is 0 Å². The van der Waals surface area contributed by atoms with Crippen LogP contribution in [0.4, 0.5) is 5.69 Å². The number of ether oxygens (including phenoxy) is 1. The fourth-order valence-electron chi connectivity index (χ4n) is 1.49. The number of benzene rings is 1. The molecule has 4 heteroatoms. The standard InChI is InChI=1S/C12H15N3O/c1-2-15-11(7-8-14-15)9-16-12-5-3-10(13)4-6-12/h3-8H,2,9,13H2,1H3. The molecule has 0 amide bonds. The van der Waals surface area contributed by atoms with Gasteiger partial charge < -0.3 is 10.5 Å². The summed E-state index contributed by atoms with van der Waals surface area (Å²) < 4.78 is 7.55. The Morgan fingerprint density at radius 3 is 2.69 bits per heavy atom. The van der Waals surface area contributed by atoms with E-state index in [1.165, 1.54) is 0 Å². The normalized spacial score (nSPS) is 10.3. The molecule has 2 N–H and O–H groups in total. The fraction of sp³-hybridized carbons (Fsp3) is 0.250. The number of nitrogen functional groups attached to an aromatic ring is 1. The van der Waals surface area contributed by atoms with E-state index in [-0.39, 0.29) is 0 Å². The van der Waals surface area contributed by atoms with Gasteiger partial charge in [-0.15, -0.1) is 0 Å². The average Bonchev–Trinajstić information content (AvgIpc) is 2.76. The minimum atomic E-state index is 0.526. The third kappa shape index (κ3) is 2.34. The minimum Gasteiger partial charge on any atom is -0.487 e. The van der Waals surface area contributed by atoms with E-state index in [2.05, 4.69) is 12.0 Å². The Labute approximate surface area is 94.6 Å². The second-order valence-electron chi connectivity index (χ2n) is 3.50. The number of aryl methyl sites for hydroxylation is 1. The molecule has 2 rings (SSSR count). The molecule has 0 saturated carbocycles. The van der Waals surface area contributed by atoms with Crippen molar-refractivity contribution in [2.45, 2.75) is 20.1 Å². The highest BCUT2D eigenvalue weighted by atomic mass is 16.5. The van der Waals surface area contributed by atoms with Crippen molar-refractivity contribution in [3.8, 4) is 5.75 Å². The van der Waals surface area contributed by atoms with Crippen LogP contribution in [0.3, 0.4) is 0 Å². The average molecular weight is 217 g/mol. The van der Waals surface area contributed by atoms with Gasteiger partial charge in [-0.05, 0) is 37.3 Å². The molecule has 0 aliphatic heterocycles. The summed E-state index contributed by atoms with van der Waals surface area (Å²) in [4.78, 5) is 0. The highest BCUT2D eigenvalue weighted by Gasteiger charge is 2.01. The van der Waals surface area contributed by atoms with Gasteiger partial charge in [0, 0.05) is 18.4 Å². The molecule has 4 nitrogen and oxygen atoms in total. The lowest BCUT2D eigenvalue weighted by Gasteiger charge is -2.07. The van der Waals surface area contributed by atoms with Gasteiger partial charge in [0.2, 0.25) is 0 Å². The first-order valence-corrected chi connectivity index (χ1v) is 5.28. The van der Waals surface area contributed by atoms with Crippen molar-refractivity contribution in [3.63, 3.8) is 0 Å². The summed E-state index contributed by atoms with van der Waals surface area (Å²) in [6.07, 6.45) is 1.78. The second-order valence-corrected chi connectivity index (χ2v) is 3.50. The lowest BCUT2D eigenvalue weighted by molar-refractivity contribution is 0.292. The van der Waals surface area contributed by atoms with Crippen LogP contribution in [0.25, 0.3) is 0 Å². The first kappa shape index (κ1) is 10.5. The van der Waals surface area contributed by atoms with Crippen molar-refractivity contribution >= 4 is 5.69 Å². The van der Waals surface area contributed by atoms with Crippen molar-refractivity contribution in [1.82, 2.24) is 9.78 Å². The number of rotatable bonds is 4. The predicted octanol–water partition coefficient (Wildman–Crippen LogP) is 2.06. The van der Waals surface area contributed by atoms with Gasteiger partial charge in [-0.3, -0.25) is 4.68 Å². The molecule has 1 heterocycles. The summed E-state index contributed by atoms with van der Waals surface area (Å²) in [6.45, 7) is 3.44. The zero-order valence-electron chi connectivity index (χ0n) is 9.26. The van der Waals surface area contributed by atoms with Crippen LogP contribution < -0.4 is 10.5 Å². The molecule has 84 valence electrons. The van der Waals surface area contributed by atoms with Crippen molar-refractivity contribution < 1.29 is 4.74 Å². The first-order valence-electron chi connectivity index (χ1n) is 5.28. The molecule has 0 aliphatic carbocycles. The summed E-state index contributed by atoms with van der Waals surface area (Å²) in [5, 5.41) is 4.18. The van der Waals surface area contributed by atoms with Gasteiger partial charge in [0.25, 0.3) is 0 Å². The third-order valence-corrected chi connectivity index (χ3v) is 2.37. The Morgan fingerprint density at radius 1 is 1.25 bits per heavy atom. The molecule has 1 aromatic heterocycles. The van der Waals surface area contributed by atoms with Gasteiger partial charge >= 0.3 is 0 Å². The van der Waals surface area contributed by atoms with E-state index < -0.39 is 0 Å². The first-order chi connectivity index (χ1) is 7.79. The highest BCUT2D eigenvalue weighted by Crippen LogP contribution is 2.14. The fourth-order valence-corrected chi connectivity index (χ4v) is 1.49. The maximum atomic E-state index is 5.63.